The van der Waals surface area contributed by atoms with Gasteiger partial charge in [0.15, 0.2) is 0 Å². The molecule has 1 saturated carbocycles. The normalized spacial score (nSPS) is 17.7. The van der Waals surface area contributed by atoms with Crippen LogP contribution >= 0.6 is 0 Å². The molecule has 0 aromatic rings. The maximum atomic E-state index is 11.7. The summed E-state index contributed by atoms with van der Waals surface area (Å²) < 4.78 is 34.9. The Morgan fingerprint density at radius 2 is 1.20 bits per heavy atom. The van der Waals surface area contributed by atoms with Crippen LogP contribution in [-0.2, 0) is 38.0 Å². The van der Waals surface area contributed by atoms with Crippen molar-refractivity contribution in [3.05, 3.63) is 25.7 Å². The van der Waals surface area contributed by atoms with Crippen molar-refractivity contribution in [2.45, 2.75) is 50.7 Å². The summed E-state index contributed by atoms with van der Waals surface area (Å²) in [5.74, 6) is -0.462. The zero-order chi connectivity index (χ0) is 22.0. The van der Waals surface area contributed by atoms with E-state index >= 15 is 0 Å². The summed E-state index contributed by atoms with van der Waals surface area (Å²) >= 11 is 0. The smallest absolute Gasteiger partial charge is 0.502 e. The van der Waals surface area contributed by atoms with Gasteiger partial charge in [0.1, 0.15) is 25.4 Å². The standard InChI is InChI=1S/C20H30O10/c1-3-24-11-5-12-27-19(22)29-16-6-8-17(9-7-16)30-20(23)28-15-14-26-18(21)10-13-25-4-2/h3-4,16-17H,1-2,5-15H2. The molecule has 0 amide bonds. The van der Waals surface area contributed by atoms with E-state index in [4.69, 9.17) is 33.2 Å². The average molecular weight is 430 g/mol. The Morgan fingerprint density at radius 1 is 0.700 bits per heavy atom. The van der Waals surface area contributed by atoms with Gasteiger partial charge in [0, 0.05) is 6.42 Å². The molecule has 1 aliphatic carbocycles. The lowest BCUT2D eigenvalue weighted by atomic mass is 9.95. The monoisotopic (exact) mass is 430 g/mol. The Labute approximate surface area is 176 Å². The predicted molar refractivity (Wildman–Crippen MR) is 103 cm³/mol. The van der Waals surface area contributed by atoms with Gasteiger partial charge in [-0.3, -0.25) is 4.79 Å². The summed E-state index contributed by atoms with van der Waals surface area (Å²) in [6, 6.07) is 0. The van der Waals surface area contributed by atoms with Crippen LogP contribution < -0.4 is 0 Å². The molecule has 170 valence electrons. The van der Waals surface area contributed by atoms with Gasteiger partial charge in [-0.2, -0.15) is 0 Å². The molecule has 1 rings (SSSR count). The molecule has 0 aliphatic heterocycles. The first-order valence-electron chi connectivity index (χ1n) is 9.82. The minimum absolute atomic E-state index is 0.0651. The fourth-order valence-electron chi connectivity index (χ4n) is 2.57. The van der Waals surface area contributed by atoms with E-state index in [1.54, 1.807) is 0 Å². The van der Waals surface area contributed by atoms with E-state index in [-0.39, 0.29) is 45.1 Å². The molecule has 0 spiro atoms. The SMILES string of the molecule is C=COCCCOC(=O)OC1CCC(OC(=O)OCCOC(=O)CCOC=C)CC1. The highest BCUT2D eigenvalue weighted by Gasteiger charge is 2.27. The third kappa shape index (κ3) is 12.5. The molecule has 0 saturated heterocycles. The van der Waals surface area contributed by atoms with Crippen LogP contribution in [0.4, 0.5) is 9.59 Å². The largest absolute Gasteiger partial charge is 0.508 e. The second-order valence-electron chi connectivity index (χ2n) is 6.23. The predicted octanol–water partition coefficient (Wildman–Crippen LogP) is 3.25. The zero-order valence-electron chi connectivity index (χ0n) is 17.1. The second kappa shape index (κ2) is 15.9. The molecule has 0 unspecified atom stereocenters. The van der Waals surface area contributed by atoms with E-state index in [1.165, 1.54) is 12.5 Å². The number of hydrogen-bond donors (Lipinski definition) is 0. The Hall–Kier alpha value is -2.91. The number of carbonyl (C=O) groups is 3. The molecule has 0 N–H and O–H groups in total. The molecule has 10 heteroatoms. The van der Waals surface area contributed by atoms with Crippen LogP contribution in [0.1, 0.15) is 38.5 Å². The lowest BCUT2D eigenvalue weighted by Gasteiger charge is -2.27. The summed E-state index contributed by atoms with van der Waals surface area (Å²) in [5.41, 5.74) is 0. The van der Waals surface area contributed by atoms with E-state index in [1.807, 2.05) is 0 Å². The van der Waals surface area contributed by atoms with Gasteiger partial charge in [-0.25, -0.2) is 9.59 Å². The van der Waals surface area contributed by atoms with Crippen molar-refractivity contribution in [2.75, 3.05) is 33.0 Å². The third-order valence-corrected chi connectivity index (χ3v) is 4.00. The number of rotatable bonds is 14. The van der Waals surface area contributed by atoms with E-state index in [0.717, 1.165) is 0 Å². The average Bonchev–Trinajstić information content (AvgIpc) is 2.73. The van der Waals surface area contributed by atoms with Gasteiger partial charge in [-0.15, -0.1) is 0 Å². The summed E-state index contributed by atoms with van der Waals surface area (Å²) in [5, 5.41) is 0. The number of carbonyl (C=O) groups excluding carboxylic acids is 3. The van der Waals surface area contributed by atoms with Crippen molar-refractivity contribution in [2.24, 2.45) is 0 Å². The Kier molecular flexibility index (Phi) is 13.4. The molecular formula is C20H30O10. The van der Waals surface area contributed by atoms with Gasteiger partial charge >= 0.3 is 18.3 Å². The third-order valence-electron chi connectivity index (χ3n) is 4.00. The van der Waals surface area contributed by atoms with Crippen molar-refractivity contribution in [3.8, 4) is 0 Å². The minimum Gasteiger partial charge on any atom is -0.502 e. The Morgan fingerprint density at radius 3 is 1.77 bits per heavy atom. The Bertz CT molecular complexity index is 540. The van der Waals surface area contributed by atoms with Gasteiger partial charge in [-0.05, 0) is 25.7 Å². The highest BCUT2D eigenvalue weighted by atomic mass is 16.7. The van der Waals surface area contributed by atoms with Crippen LogP contribution in [0.2, 0.25) is 0 Å². The molecule has 0 radical (unpaired) electrons. The summed E-state index contributed by atoms with van der Waals surface area (Å²) in [7, 11) is 0. The summed E-state index contributed by atoms with van der Waals surface area (Å²) in [4.78, 5) is 34.6. The molecule has 0 atom stereocenters. The first-order valence-corrected chi connectivity index (χ1v) is 9.82. The summed E-state index contributed by atoms with van der Waals surface area (Å²) in [6.45, 7) is 7.40. The molecule has 0 aromatic carbocycles. The van der Waals surface area contributed by atoms with Crippen molar-refractivity contribution in [1.82, 2.24) is 0 Å². The molecule has 1 aliphatic rings. The number of hydrogen-bond acceptors (Lipinski definition) is 10. The highest BCUT2D eigenvalue weighted by Crippen LogP contribution is 2.24. The molecule has 30 heavy (non-hydrogen) atoms. The maximum absolute atomic E-state index is 11.7. The van der Waals surface area contributed by atoms with E-state index in [2.05, 4.69) is 13.2 Å². The molecule has 0 aromatic heterocycles. The number of ether oxygens (including phenoxy) is 7. The van der Waals surface area contributed by atoms with Crippen molar-refractivity contribution >= 4 is 18.3 Å². The van der Waals surface area contributed by atoms with Crippen molar-refractivity contribution in [1.29, 1.82) is 0 Å². The lowest BCUT2D eigenvalue weighted by molar-refractivity contribution is -0.145. The second-order valence-corrected chi connectivity index (χ2v) is 6.23. The topological polar surface area (TPSA) is 116 Å². The van der Waals surface area contributed by atoms with Gasteiger partial charge < -0.3 is 33.2 Å². The fraction of sp³-hybridized carbons (Fsp3) is 0.650. The van der Waals surface area contributed by atoms with Crippen LogP contribution in [0.5, 0.6) is 0 Å². The molecular weight excluding hydrogens is 400 g/mol. The van der Waals surface area contributed by atoms with Crippen LogP contribution in [0.25, 0.3) is 0 Å². The molecule has 10 nitrogen and oxygen atoms in total. The van der Waals surface area contributed by atoms with E-state index < -0.39 is 18.3 Å². The maximum Gasteiger partial charge on any atom is 0.508 e. The molecule has 1 fully saturated rings. The summed E-state index contributed by atoms with van der Waals surface area (Å²) in [6.07, 6.45) is 3.24. The molecule has 0 bridgehead atoms. The van der Waals surface area contributed by atoms with Crippen LogP contribution in [0.3, 0.4) is 0 Å². The first-order chi connectivity index (χ1) is 14.5. The van der Waals surface area contributed by atoms with E-state index in [0.29, 0.717) is 38.7 Å². The van der Waals surface area contributed by atoms with Gasteiger partial charge in [0.05, 0.1) is 38.8 Å². The fourth-order valence-corrected chi connectivity index (χ4v) is 2.57. The minimum atomic E-state index is -0.827. The van der Waals surface area contributed by atoms with Crippen molar-refractivity contribution in [3.63, 3.8) is 0 Å². The first kappa shape index (κ1) is 25.1. The zero-order valence-corrected chi connectivity index (χ0v) is 17.1. The van der Waals surface area contributed by atoms with E-state index in [9.17, 15) is 14.4 Å². The number of esters is 1. The Balaban J connectivity index is 2.05. The molecule has 0 heterocycles. The van der Waals surface area contributed by atoms with Gasteiger partial charge in [0.25, 0.3) is 0 Å². The van der Waals surface area contributed by atoms with Crippen LogP contribution in [0.15, 0.2) is 25.7 Å². The van der Waals surface area contributed by atoms with Gasteiger partial charge in [0.2, 0.25) is 0 Å². The van der Waals surface area contributed by atoms with Gasteiger partial charge in [-0.1, -0.05) is 13.2 Å². The van der Waals surface area contributed by atoms with Crippen LogP contribution in [0, 0.1) is 0 Å². The van der Waals surface area contributed by atoms with Crippen molar-refractivity contribution < 1.29 is 47.5 Å². The lowest BCUT2D eigenvalue weighted by Crippen LogP contribution is -2.30. The highest BCUT2D eigenvalue weighted by molar-refractivity contribution is 5.69. The quantitative estimate of drug-likeness (QED) is 0.176. The van der Waals surface area contributed by atoms with Crippen LogP contribution in [-0.4, -0.2) is 63.5 Å².